The van der Waals surface area contributed by atoms with Crippen LogP contribution in [0.1, 0.15) is 19.3 Å². The quantitative estimate of drug-likeness (QED) is 0.133. The molecule has 0 fully saturated rings. The number of hydrogen-bond donors (Lipinski definition) is 0. The molecule has 0 heterocycles. The minimum Gasteiger partial charge on any atom is -0.278 e. The van der Waals surface area contributed by atoms with Crippen LogP contribution in [-0.4, -0.2) is 154 Å². The molecule has 0 aromatic rings. The number of hydrogen-bond acceptors (Lipinski definition) is 18. The summed E-state index contributed by atoms with van der Waals surface area (Å²) in [5, 5.41) is -27.1. The lowest BCUT2D eigenvalue weighted by Crippen LogP contribution is -2.59. The second-order valence-corrected chi connectivity index (χ2v) is 17.2. The predicted octanol–water partition coefficient (Wildman–Crippen LogP) is 0.439. The van der Waals surface area contributed by atoms with E-state index in [0.29, 0.717) is 0 Å². The second kappa shape index (κ2) is 21.7. The molecule has 6 amide bonds. The summed E-state index contributed by atoms with van der Waals surface area (Å²) in [6.07, 6.45) is -6.41. The molecule has 21 nitrogen and oxygen atoms in total. The van der Waals surface area contributed by atoms with Crippen LogP contribution in [0.3, 0.4) is 0 Å². The summed E-state index contributed by atoms with van der Waals surface area (Å²) >= 11 is 0. The highest BCUT2D eigenvalue weighted by Gasteiger charge is 2.65. The van der Waals surface area contributed by atoms with Gasteiger partial charge in [0.1, 0.15) is 0 Å². The smallest absolute Gasteiger partial charge is 0.278 e. The van der Waals surface area contributed by atoms with Gasteiger partial charge in [0.25, 0.3) is 11.8 Å². The van der Waals surface area contributed by atoms with Gasteiger partial charge in [-0.05, 0) is 19.3 Å². The SMILES string of the molecule is O=C(CF)N(CCC(CCCN(C(=O)C(F)(F)S(=O)(=O)F)C(=O)C(F)(F)S(=O)(=O)F)N(C(=O)C(F)(F)S(=O)(=O)F)C(=O)C(F)(F)S(=O)(=O)F)C(=O)CF.O=S(=O)(F)F.O=S(=O)(F)F. The van der Waals surface area contributed by atoms with Gasteiger partial charge in [-0.25, -0.2) is 8.78 Å². The van der Waals surface area contributed by atoms with Crippen LogP contribution in [0.15, 0.2) is 0 Å². The van der Waals surface area contributed by atoms with E-state index in [1.54, 1.807) is 0 Å². The monoisotopic (exact) mass is 1090 g/mol. The molecule has 0 rings (SSSR count). The topological polar surface area (TPSA) is 317 Å². The molecule has 0 aliphatic carbocycles. The predicted molar refractivity (Wildman–Crippen MR) is 157 cm³/mol. The first-order chi connectivity index (χ1) is 27.3. The van der Waals surface area contributed by atoms with Crippen molar-refractivity contribution in [2.45, 2.75) is 46.3 Å². The van der Waals surface area contributed by atoms with Crippen molar-refractivity contribution in [3.8, 4) is 0 Å². The molecular formula is C18H15F18N3O18S6. The highest BCUT2D eigenvalue weighted by Crippen LogP contribution is 2.35. The average Bonchev–Trinajstić information content (AvgIpc) is 3.05. The van der Waals surface area contributed by atoms with Gasteiger partial charge in [-0.2, -0.15) is 85.6 Å². The fourth-order valence-corrected chi connectivity index (χ4v) is 4.68. The van der Waals surface area contributed by atoms with Crippen LogP contribution in [0.4, 0.5) is 75.0 Å². The zero-order valence-corrected chi connectivity index (χ0v) is 33.4. The Labute approximate surface area is 338 Å². The Hall–Kier alpha value is -4.14. The number of amides is 6. The van der Waals surface area contributed by atoms with Crippen molar-refractivity contribution >= 4 is 97.6 Å². The number of carbonyl (C=O) groups is 6. The van der Waals surface area contributed by atoms with Crippen LogP contribution < -0.4 is 0 Å². The highest BCUT2D eigenvalue weighted by molar-refractivity contribution is 7.89. The Bertz CT molecular complexity index is 2260. The Morgan fingerprint density at radius 2 is 0.635 bits per heavy atom. The third kappa shape index (κ3) is 18.5. The summed E-state index contributed by atoms with van der Waals surface area (Å²) in [6, 6.07) is -3.56. The molecule has 0 aromatic carbocycles. The summed E-state index contributed by atoms with van der Waals surface area (Å²) in [6.45, 7) is -9.20. The van der Waals surface area contributed by atoms with Crippen LogP contribution in [0.2, 0.25) is 0 Å². The maximum atomic E-state index is 14.2. The van der Waals surface area contributed by atoms with E-state index >= 15 is 0 Å². The van der Waals surface area contributed by atoms with Gasteiger partial charge in [0.05, 0.1) is 0 Å². The molecule has 0 radical (unpaired) electrons. The molecule has 45 heteroatoms. The van der Waals surface area contributed by atoms with Gasteiger partial charge in [0, 0.05) is 19.1 Å². The lowest BCUT2D eigenvalue weighted by Gasteiger charge is -2.34. The van der Waals surface area contributed by atoms with Crippen LogP contribution in [0.5, 0.6) is 0 Å². The Balaban J connectivity index is -0.00000320. The van der Waals surface area contributed by atoms with Gasteiger partial charge in [0.15, 0.2) is 13.3 Å². The van der Waals surface area contributed by atoms with E-state index in [4.69, 9.17) is 16.8 Å². The van der Waals surface area contributed by atoms with Gasteiger partial charge in [-0.3, -0.25) is 43.5 Å². The van der Waals surface area contributed by atoms with Gasteiger partial charge < -0.3 is 0 Å². The van der Waals surface area contributed by atoms with E-state index in [0.717, 1.165) is 0 Å². The van der Waals surface area contributed by atoms with Crippen molar-refractivity contribution in [2.75, 3.05) is 26.4 Å². The molecule has 0 aromatic heterocycles. The molecule has 0 N–H and O–H groups in total. The van der Waals surface area contributed by atoms with E-state index in [9.17, 15) is 137 Å². The number of rotatable bonds is 18. The second-order valence-electron chi connectivity index (χ2n) is 10.1. The lowest BCUT2D eigenvalue weighted by atomic mass is 10.0. The fraction of sp³-hybridized carbons (Fsp3) is 0.667. The van der Waals surface area contributed by atoms with Crippen molar-refractivity contribution < 1.29 is 154 Å². The average molecular weight is 1100 g/mol. The first-order valence-corrected chi connectivity index (χ1v) is 21.7. The standard InChI is InChI=1S/C18H15F14N3O14S4.2F2O2S/c19-6-9(36)33(10(37)7-20)5-3-8(35(13(40)17(25,26)52(31,46)47)14(41)18(27,28)53(32,48)49)2-1-4-34(11(38)15(21,22)50(29,42)43)12(39)16(23,24)51(30,44)45;2*1-5(2,3)4/h8H,1-7H2;;. The molecule has 0 spiro atoms. The number of halogens is 18. The summed E-state index contributed by atoms with van der Waals surface area (Å²) in [5.74, 6) is -20.9. The Morgan fingerprint density at radius 3 is 0.857 bits per heavy atom. The van der Waals surface area contributed by atoms with Crippen LogP contribution >= 0.6 is 0 Å². The normalized spacial score (nSPS) is 13.8. The minimum atomic E-state index is -7.81. The van der Waals surface area contributed by atoms with E-state index in [1.165, 1.54) is 0 Å². The summed E-state index contributed by atoms with van der Waals surface area (Å²) < 4.78 is 351. The molecule has 1 atom stereocenters. The number of nitrogens with zero attached hydrogens (tertiary/aromatic N) is 3. The molecule has 0 aliphatic heterocycles. The van der Waals surface area contributed by atoms with Gasteiger partial charge in [-0.1, -0.05) is 31.1 Å². The van der Waals surface area contributed by atoms with Crippen molar-refractivity contribution in [1.29, 1.82) is 0 Å². The van der Waals surface area contributed by atoms with Crippen LogP contribution in [0, 0.1) is 0 Å². The van der Waals surface area contributed by atoms with Gasteiger partial charge >= 0.3 is 107 Å². The zero-order chi connectivity index (χ0) is 51.7. The summed E-state index contributed by atoms with van der Waals surface area (Å²) in [4.78, 5) is 67.2. The number of imide groups is 3. The van der Waals surface area contributed by atoms with Crippen molar-refractivity contribution in [2.24, 2.45) is 0 Å². The third-order valence-electron chi connectivity index (χ3n) is 5.95. The first-order valence-electron chi connectivity index (χ1n) is 13.6. The Kier molecular flexibility index (Phi) is 21.7. The molecule has 0 aliphatic rings. The molecule has 0 saturated heterocycles. The van der Waals surface area contributed by atoms with Crippen molar-refractivity contribution in [3.05, 3.63) is 0 Å². The fourth-order valence-electron chi connectivity index (χ4n) is 3.43. The van der Waals surface area contributed by atoms with E-state index in [-0.39, 0.29) is 0 Å². The zero-order valence-electron chi connectivity index (χ0n) is 28.5. The highest BCUT2D eigenvalue weighted by atomic mass is 32.3. The maximum absolute atomic E-state index is 14.2. The maximum Gasteiger partial charge on any atom is 0.476 e. The van der Waals surface area contributed by atoms with Crippen LogP contribution in [-0.2, 0) is 90.9 Å². The Morgan fingerprint density at radius 1 is 0.397 bits per heavy atom. The van der Waals surface area contributed by atoms with Crippen molar-refractivity contribution in [3.63, 3.8) is 0 Å². The molecule has 0 bridgehead atoms. The number of alkyl halides is 10. The molecule has 63 heavy (non-hydrogen) atoms. The molecule has 1 unspecified atom stereocenters. The van der Waals surface area contributed by atoms with Gasteiger partial charge in [0.2, 0.25) is 0 Å². The first kappa shape index (κ1) is 63.2. The van der Waals surface area contributed by atoms with E-state index in [2.05, 4.69) is 0 Å². The van der Waals surface area contributed by atoms with E-state index in [1.807, 2.05) is 0 Å². The summed E-state index contributed by atoms with van der Waals surface area (Å²) in [7, 11) is -42.3. The minimum absolute atomic E-state index is 0.688. The van der Waals surface area contributed by atoms with Crippen molar-refractivity contribution in [1.82, 2.24) is 14.7 Å². The molecule has 0 saturated carbocycles. The largest absolute Gasteiger partial charge is 0.476 e. The number of carbonyl (C=O) groups excluding carboxylic acids is 6. The van der Waals surface area contributed by atoms with E-state index < -0.39 is 185 Å². The molecule has 372 valence electrons. The van der Waals surface area contributed by atoms with Crippen LogP contribution in [0.25, 0.3) is 0 Å². The van der Waals surface area contributed by atoms with Gasteiger partial charge in [-0.15, -0.1) is 0 Å². The molecular weight excluding hydrogens is 1080 g/mol. The third-order valence-corrected chi connectivity index (χ3v) is 9.10. The summed E-state index contributed by atoms with van der Waals surface area (Å²) in [5.41, 5.74) is 0. The lowest BCUT2D eigenvalue weighted by molar-refractivity contribution is -0.168.